The highest BCUT2D eigenvalue weighted by Crippen LogP contribution is 2.44. The number of aliphatic hydroxyl groups excluding tert-OH is 1. The normalized spacial score (nSPS) is 20.9. The van der Waals surface area contributed by atoms with Gasteiger partial charge in [0.2, 0.25) is 0 Å². The topological polar surface area (TPSA) is 99.5 Å². The molecular formula is C26H29BrN2O6. The van der Waals surface area contributed by atoms with Gasteiger partial charge >= 0.3 is 0 Å². The highest BCUT2D eigenvalue weighted by molar-refractivity contribution is 9.10. The molecule has 9 heteroatoms. The number of hydrogen-bond donors (Lipinski definition) is 2. The molecular weight excluding hydrogens is 516 g/mol. The Morgan fingerprint density at radius 1 is 1.26 bits per heavy atom. The zero-order valence-corrected chi connectivity index (χ0v) is 21.8. The number of benzene rings is 2. The summed E-state index contributed by atoms with van der Waals surface area (Å²) in [4.78, 5) is 29.9. The van der Waals surface area contributed by atoms with E-state index in [1.54, 1.807) is 30.3 Å². The van der Waals surface area contributed by atoms with Crippen LogP contribution in [-0.2, 0) is 16.0 Å². The summed E-state index contributed by atoms with van der Waals surface area (Å²) >= 11 is 3.33. The number of rotatable bonds is 7. The predicted molar refractivity (Wildman–Crippen MR) is 135 cm³/mol. The second-order valence-corrected chi connectivity index (χ2v) is 10.0. The summed E-state index contributed by atoms with van der Waals surface area (Å²) in [6, 6.07) is 7.65. The second kappa shape index (κ2) is 9.91. The quantitative estimate of drug-likeness (QED) is 0.310. The van der Waals surface area contributed by atoms with Gasteiger partial charge in [-0.3, -0.25) is 9.59 Å². The Labute approximate surface area is 212 Å². The molecule has 2 atom stereocenters. The molecule has 0 aliphatic carbocycles. The van der Waals surface area contributed by atoms with Crippen LogP contribution < -0.4 is 9.47 Å². The van der Waals surface area contributed by atoms with Gasteiger partial charge in [-0.05, 0) is 91.4 Å². The number of Topliss-reactive ketones (excluding diaryl/α,β-unsaturated/α-hetero) is 1. The molecule has 0 saturated carbocycles. The summed E-state index contributed by atoms with van der Waals surface area (Å²) in [5.41, 5.74) is 1.93. The third kappa shape index (κ3) is 4.75. The van der Waals surface area contributed by atoms with Crippen LogP contribution in [0.4, 0.5) is 0 Å². The van der Waals surface area contributed by atoms with Crippen molar-refractivity contribution in [2.75, 3.05) is 34.3 Å². The van der Waals surface area contributed by atoms with Crippen LogP contribution in [0, 0.1) is 0 Å². The molecule has 4 rings (SSSR count). The lowest BCUT2D eigenvalue weighted by molar-refractivity contribution is -0.139. The lowest BCUT2D eigenvalue weighted by Crippen LogP contribution is -2.32. The van der Waals surface area contributed by atoms with Gasteiger partial charge in [-0.1, -0.05) is 0 Å². The van der Waals surface area contributed by atoms with Gasteiger partial charge in [-0.25, -0.2) is 0 Å². The van der Waals surface area contributed by atoms with E-state index in [0.29, 0.717) is 35.0 Å². The van der Waals surface area contributed by atoms with E-state index in [2.05, 4.69) is 15.9 Å². The molecule has 0 unspecified atom stereocenters. The molecule has 8 nitrogen and oxygen atoms in total. The van der Waals surface area contributed by atoms with Crippen LogP contribution in [0.15, 0.2) is 40.4 Å². The molecule has 2 N–H and O–H groups in total. The van der Waals surface area contributed by atoms with Crippen molar-refractivity contribution < 1.29 is 29.3 Å². The number of halogens is 1. The largest absolute Gasteiger partial charge is 0.507 e. The molecule has 2 aromatic carbocycles. The molecule has 2 heterocycles. The number of amides is 1. The molecule has 186 valence electrons. The first-order chi connectivity index (χ1) is 16.6. The first-order valence-electron chi connectivity index (χ1n) is 11.4. The predicted octanol–water partition coefficient (Wildman–Crippen LogP) is 3.86. The highest BCUT2D eigenvalue weighted by Gasteiger charge is 2.46. The molecule has 2 aliphatic rings. The third-order valence-corrected chi connectivity index (χ3v) is 6.90. The third-order valence-electron chi connectivity index (χ3n) is 6.30. The maximum Gasteiger partial charge on any atom is 0.295 e. The molecule has 2 aromatic rings. The number of carbonyl (C=O) groups is 2. The van der Waals surface area contributed by atoms with Crippen LogP contribution in [0.2, 0.25) is 0 Å². The number of fused-ring (bicyclic) bond motifs is 1. The van der Waals surface area contributed by atoms with Crippen molar-refractivity contribution in [2.45, 2.75) is 31.9 Å². The highest BCUT2D eigenvalue weighted by atomic mass is 79.9. The monoisotopic (exact) mass is 544 g/mol. The van der Waals surface area contributed by atoms with E-state index in [0.717, 1.165) is 17.9 Å². The Morgan fingerprint density at radius 3 is 2.69 bits per heavy atom. The standard InChI is InChI=1S/C26H29BrN2O6/c1-14-10-16-11-15(6-7-19(16)35-14)23(30)21-22(17-12-18(27)24(31)20(13-17)34-4)29(26(33)25(21)32)9-5-8-28(2)3/h6-7,11-14,22,30-31H,5,8-10H2,1-4H3/t14-,22+/m0/s1. The SMILES string of the molecule is COc1cc([C@@H]2C(=C(O)c3ccc4c(c3)C[C@H](C)O4)C(=O)C(=O)N2CCCN(C)C)cc(Br)c1O. The first kappa shape index (κ1) is 25.1. The van der Waals surface area contributed by atoms with Gasteiger partial charge in [0, 0.05) is 18.5 Å². The minimum atomic E-state index is -0.841. The average molecular weight is 545 g/mol. The molecule has 1 saturated heterocycles. The molecule has 0 spiro atoms. The number of methoxy groups -OCH3 is 1. The number of phenolic OH excluding ortho intramolecular Hbond substituents is 1. The van der Waals surface area contributed by atoms with Crippen LogP contribution in [0.3, 0.4) is 0 Å². The van der Waals surface area contributed by atoms with Crippen molar-refractivity contribution in [2.24, 2.45) is 0 Å². The van der Waals surface area contributed by atoms with Crippen molar-refractivity contribution in [1.82, 2.24) is 9.80 Å². The van der Waals surface area contributed by atoms with Gasteiger partial charge in [0.15, 0.2) is 11.5 Å². The van der Waals surface area contributed by atoms with Gasteiger partial charge in [0.1, 0.15) is 17.6 Å². The van der Waals surface area contributed by atoms with Crippen molar-refractivity contribution in [1.29, 1.82) is 0 Å². The smallest absolute Gasteiger partial charge is 0.295 e. The van der Waals surface area contributed by atoms with Crippen molar-refractivity contribution in [3.05, 3.63) is 57.1 Å². The molecule has 0 radical (unpaired) electrons. The van der Waals surface area contributed by atoms with Gasteiger partial charge in [-0.2, -0.15) is 0 Å². The number of hydrogen-bond acceptors (Lipinski definition) is 7. The number of aromatic hydroxyl groups is 1. The van der Waals surface area contributed by atoms with Gasteiger partial charge in [-0.15, -0.1) is 0 Å². The number of nitrogens with zero attached hydrogens (tertiary/aromatic N) is 2. The Bertz CT molecular complexity index is 1210. The van der Waals surface area contributed by atoms with E-state index in [-0.39, 0.29) is 28.9 Å². The number of phenols is 1. The fourth-order valence-electron chi connectivity index (χ4n) is 4.65. The number of likely N-dealkylation sites (tertiary alicyclic amines) is 1. The van der Waals surface area contributed by atoms with E-state index in [1.165, 1.54) is 12.0 Å². The van der Waals surface area contributed by atoms with E-state index >= 15 is 0 Å². The number of carbonyl (C=O) groups excluding carboxylic acids is 2. The fourth-order valence-corrected chi connectivity index (χ4v) is 5.11. The molecule has 2 aliphatic heterocycles. The van der Waals surface area contributed by atoms with Crippen molar-refractivity contribution in [3.63, 3.8) is 0 Å². The van der Waals surface area contributed by atoms with Gasteiger partial charge < -0.3 is 29.5 Å². The first-order valence-corrected chi connectivity index (χ1v) is 12.2. The Kier molecular flexibility index (Phi) is 7.10. The van der Waals surface area contributed by atoms with Crippen LogP contribution in [-0.4, -0.2) is 72.1 Å². The van der Waals surface area contributed by atoms with Crippen LogP contribution >= 0.6 is 15.9 Å². The zero-order chi connectivity index (χ0) is 25.4. The molecule has 0 bridgehead atoms. The number of ether oxygens (including phenoxy) is 2. The summed E-state index contributed by atoms with van der Waals surface area (Å²) < 4.78 is 11.4. The maximum absolute atomic E-state index is 13.3. The summed E-state index contributed by atoms with van der Waals surface area (Å²) in [5, 5.41) is 21.7. The molecule has 1 fully saturated rings. The average Bonchev–Trinajstić information content (AvgIpc) is 3.31. The Hall–Kier alpha value is -3.04. The Balaban J connectivity index is 1.84. The lowest BCUT2D eigenvalue weighted by Gasteiger charge is -2.26. The minimum absolute atomic E-state index is 0.00593. The Morgan fingerprint density at radius 2 is 2.00 bits per heavy atom. The van der Waals surface area contributed by atoms with Crippen LogP contribution in [0.25, 0.3) is 5.76 Å². The van der Waals surface area contributed by atoms with Crippen LogP contribution in [0.1, 0.15) is 36.1 Å². The van der Waals surface area contributed by atoms with E-state index in [9.17, 15) is 19.8 Å². The van der Waals surface area contributed by atoms with Crippen molar-refractivity contribution >= 4 is 33.4 Å². The fraction of sp³-hybridized carbons (Fsp3) is 0.385. The summed E-state index contributed by atoms with van der Waals surface area (Å²) in [5.74, 6) is -0.802. The summed E-state index contributed by atoms with van der Waals surface area (Å²) in [6.07, 6.45) is 1.37. The zero-order valence-electron chi connectivity index (χ0n) is 20.2. The maximum atomic E-state index is 13.3. The number of aliphatic hydroxyl groups is 1. The lowest BCUT2D eigenvalue weighted by atomic mass is 9.94. The second-order valence-electron chi connectivity index (χ2n) is 9.16. The summed E-state index contributed by atoms with van der Waals surface area (Å²) in [7, 11) is 5.30. The molecule has 1 amide bonds. The van der Waals surface area contributed by atoms with E-state index in [1.807, 2.05) is 25.9 Å². The van der Waals surface area contributed by atoms with E-state index < -0.39 is 17.7 Å². The van der Waals surface area contributed by atoms with Gasteiger partial charge in [0.05, 0.1) is 23.2 Å². The number of ketones is 1. The van der Waals surface area contributed by atoms with E-state index in [4.69, 9.17) is 9.47 Å². The van der Waals surface area contributed by atoms with Crippen molar-refractivity contribution in [3.8, 4) is 17.2 Å². The minimum Gasteiger partial charge on any atom is -0.507 e. The molecule has 0 aromatic heterocycles. The summed E-state index contributed by atoms with van der Waals surface area (Å²) in [6.45, 7) is 3.01. The van der Waals surface area contributed by atoms with Crippen LogP contribution in [0.5, 0.6) is 17.2 Å². The molecule has 35 heavy (non-hydrogen) atoms. The van der Waals surface area contributed by atoms with Gasteiger partial charge in [0.25, 0.3) is 11.7 Å².